The van der Waals surface area contributed by atoms with Crippen LogP contribution >= 0.6 is 0 Å². The molecule has 31 heavy (non-hydrogen) atoms. The summed E-state index contributed by atoms with van der Waals surface area (Å²) in [6.07, 6.45) is 1.92. The summed E-state index contributed by atoms with van der Waals surface area (Å²) in [6.45, 7) is 0.857. The van der Waals surface area contributed by atoms with Gasteiger partial charge in [0.05, 0.1) is 30.5 Å². The number of hydrogen-bond acceptors (Lipinski definition) is 8. The minimum atomic E-state index is -1.73. The van der Waals surface area contributed by atoms with E-state index in [0.29, 0.717) is 30.2 Å². The van der Waals surface area contributed by atoms with Gasteiger partial charge in [0, 0.05) is 24.9 Å². The highest BCUT2D eigenvalue weighted by atomic mass is 16.5. The molecule has 0 aromatic heterocycles. The number of nitrogens with two attached hydrogens (primary N) is 2. The van der Waals surface area contributed by atoms with Gasteiger partial charge >= 0.3 is 0 Å². The second-order valence-corrected chi connectivity index (χ2v) is 7.56. The lowest BCUT2D eigenvalue weighted by Gasteiger charge is -2.45. The van der Waals surface area contributed by atoms with Crippen LogP contribution in [0, 0.1) is 45.3 Å². The number of nitrogens with zero attached hydrogens (tertiary/aromatic N) is 4. The van der Waals surface area contributed by atoms with Gasteiger partial charge in [-0.3, -0.25) is 4.79 Å². The molecule has 1 aliphatic heterocycles. The summed E-state index contributed by atoms with van der Waals surface area (Å²) in [5, 5.41) is 29.9. The van der Waals surface area contributed by atoms with Crippen molar-refractivity contribution >= 4 is 5.91 Å². The molecule has 9 heteroatoms. The minimum Gasteiger partial charge on any atom is -0.493 e. The topological polar surface area (TPSA) is 162 Å². The molecule has 158 valence electrons. The van der Waals surface area contributed by atoms with E-state index in [1.807, 2.05) is 13.1 Å². The molecule has 1 aromatic rings. The Bertz CT molecular complexity index is 1090. The largest absolute Gasteiger partial charge is 0.493 e. The Kier molecular flexibility index (Phi) is 5.88. The van der Waals surface area contributed by atoms with E-state index in [-0.39, 0.29) is 23.8 Å². The molecule has 2 atom stereocenters. The number of primary amides is 1. The fourth-order valence-electron chi connectivity index (χ4n) is 4.35. The summed E-state index contributed by atoms with van der Waals surface area (Å²) in [7, 11) is 3.38. The fraction of sp³-hybridized carbons (Fsp3) is 0.364. The lowest BCUT2D eigenvalue weighted by atomic mass is 9.58. The Balaban J connectivity index is 2.21. The molecule has 4 N–H and O–H groups in total. The molecular weight excluding hydrogens is 396 g/mol. The summed E-state index contributed by atoms with van der Waals surface area (Å²) >= 11 is 0. The van der Waals surface area contributed by atoms with Crippen molar-refractivity contribution in [1.82, 2.24) is 4.90 Å². The van der Waals surface area contributed by atoms with E-state index in [4.69, 9.17) is 20.9 Å². The number of rotatable bonds is 5. The third-order valence-corrected chi connectivity index (χ3v) is 5.76. The zero-order valence-corrected chi connectivity index (χ0v) is 17.3. The Labute approximate surface area is 180 Å². The molecule has 0 spiro atoms. The van der Waals surface area contributed by atoms with Crippen LogP contribution in [0.3, 0.4) is 0 Å². The van der Waals surface area contributed by atoms with Gasteiger partial charge in [-0.2, -0.15) is 15.8 Å². The third kappa shape index (κ3) is 3.54. The van der Waals surface area contributed by atoms with E-state index in [9.17, 15) is 20.6 Å². The van der Waals surface area contributed by atoms with Crippen molar-refractivity contribution < 1.29 is 14.3 Å². The van der Waals surface area contributed by atoms with E-state index in [2.05, 4.69) is 23.1 Å². The van der Waals surface area contributed by atoms with Crippen molar-refractivity contribution in [3.63, 3.8) is 0 Å². The van der Waals surface area contributed by atoms with E-state index < -0.39 is 17.2 Å². The van der Waals surface area contributed by atoms with Crippen molar-refractivity contribution in [1.29, 1.82) is 15.8 Å². The normalized spacial score (nSPS) is 22.2. The molecule has 0 saturated carbocycles. The van der Waals surface area contributed by atoms with E-state index in [0.717, 1.165) is 5.57 Å². The highest BCUT2D eigenvalue weighted by Crippen LogP contribution is 2.54. The smallest absolute Gasteiger partial charge is 0.255 e. The Hall–Kier alpha value is -4.00. The van der Waals surface area contributed by atoms with E-state index in [1.165, 1.54) is 7.11 Å². The fourth-order valence-corrected chi connectivity index (χ4v) is 4.35. The second-order valence-electron chi connectivity index (χ2n) is 7.56. The summed E-state index contributed by atoms with van der Waals surface area (Å²) < 4.78 is 10.8. The summed E-state index contributed by atoms with van der Waals surface area (Å²) in [4.78, 5) is 13.1. The lowest BCUT2D eigenvalue weighted by molar-refractivity contribution is -0.119. The van der Waals surface area contributed by atoms with Gasteiger partial charge < -0.3 is 25.8 Å². The predicted molar refractivity (Wildman–Crippen MR) is 110 cm³/mol. The zero-order chi connectivity index (χ0) is 22.8. The third-order valence-electron chi connectivity index (χ3n) is 5.76. The Morgan fingerprint density at radius 1 is 1.29 bits per heavy atom. The van der Waals surface area contributed by atoms with Crippen LogP contribution in [0.2, 0.25) is 0 Å². The molecule has 0 saturated heterocycles. The molecule has 1 aromatic carbocycles. The van der Waals surface area contributed by atoms with Crippen LogP contribution in [0.25, 0.3) is 0 Å². The van der Waals surface area contributed by atoms with Crippen LogP contribution in [0.1, 0.15) is 11.5 Å². The van der Waals surface area contributed by atoms with Gasteiger partial charge in [-0.05, 0) is 30.3 Å². The zero-order valence-electron chi connectivity index (χ0n) is 17.3. The number of fused-ring (bicyclic) bond motifs is 1. The maximum absolute atomic E-state index is 11.1. The number of amides is 1. The van der Waals surface area contributed by atoms with Crippen molar-refractivity contribution in [3.8, 4) is 29.7 Å². The van der Waals surface area contributed by atoms with E-state index in [1.54, 1.807) is 18.2 Å². The molecule has 1 unspecified atom stereocenters. The van der Waals surface area contributed by atoms with Gasteiger partial charge in [-0.1, -0.05) is 12.1 Å². The van der Waals surface area contributed by atoms with Gasteiger partial charge in [-0.25, -0.2) is 0 Å². The number of allylic oxidation sites excluding steroid dienone is 2. The Morgan fingerprint density at radius 2 is 2.00 bits per heavy atom. The number of likely N-dealkylation sites (N-methyl/N-ethyl adjacent to an activating group) is 1. The Morgan fingerprint density at radius 3 is 2.58 bits per heavy atom. The number of methoxy groups -OCH3 is 1. The first-order valence-corrected chi connectivity index (χ1v) is 9.53. The van der Waals surface area contributed by atoms with Crippen LogP contribution < -0.4 is 20.9 Å². The van der Waals surface area contributed by atoms with Crippen molar-refractivity contribution in [2.45, 2.75) is 5.92 Å². The first-order valence-electron chi connectivity index (χ1n) is 9.53. The summed E-state index contributed by atoms with van der Waals surface area (Å²) in [6, 6.07) is 11.3. The number of ether oxygens (including phenoxy) is 2. The average Bonchev–Trinajstić information content (AvgIpc) is 2.77. The molecule has 0 fully saturated rings. The molecule has 1 heterocycles. The monoisotopic (exact) mass is 418 g/mol. The first-order chi connectivity index (χ1) is 14.8. The maximum atomic E-state index is 11.1. The lowest BCUT2D eigenvalue weighted by Crippen LogP contribution is -2.47. The standard InChI is InChI=1S/C22H22N6O3/c1-28-6-5-14-15(8-23)21(27)22(11-24,12-25)20(16(14)9-28)13-3-4-17(18(7-13)30-2)31-10-19(26)29/h3-5,7,16,20H,6,9-10,27H2,1-2H3,(H2,26,29)/t16?,20-/m1/s1. The molecule has 3 rings (SSSR count). The maximum Gasteiger partial charge on any atom is 0.255 e. The summed E-state index contributed by atoms with van der Waals surface area (Å²) in [5.74, 6) is -0.951. The SMILES string of the molecule is COc1cc([C@@H]2C3CN(C)CC=C3C(C#N)=C(N)C2(C#N)C#N)ccc1OCC(N)=O. The van der Waals surface area contributed by atoms with Crippen LogP contribution in [-0.4, -0.2) is 44.7 Å². The predicted octanol–water partition coefficient (Wildman–Crippen LogP) is 0.914. The van der Waals surface area contributed by atoms with Crippen molar-refractivity contribution in [2.75, 3.05) is 33.9 Å². The minimum absolute atomic E-state index is 0.0370. The first kappa shape index (κ1) is 21.7. The van der Waals surface area contributed by atoms with Crippen molar-refractivity contribution in [2.24, 2.45) is 22.8 Å². The van der Waals surface area contributed by atoms with Gasteiger partial charge in [0.25, 0.3) is 5.91 Å². The van der Waals surface area contributed by atoms with Crippen LogP contribution in [-0.2, 0) is 4.79 Å². The quantitative estimate of drug-likeness (QED) is 0.713. The molecule has 2 aliphatic rings. The van der Waals surface area contributed by atoms with Gasteiger partial charge in [0.1, 0.15) is 6.07 Å². The molecule has 0 radical (unpaired) electrons. The number of hydrogen-bond donors (Lipinski definition) is 2. The summed E-state index contributed by atoms with van der Waals surface area (Å²) in [5.41, 5.74) is 11.3. The van der Waals surface area contributed by atoms with Gasteiger partial charge in [0.2, 0.25) is 0 Å². The molecule has 0 bridgehead atoms. The van der Waals surface area contributed by atoms with Gasteiger partial charge in [-0.15, -0.1) is 0 Å². The molecule has 1 aliphatic carbocycles. The number of nitriles is 3. The molecule has 1 amide bonds. The van der Waals surface area contributed by atoms with Crippen LogP contribution in [0.4, 0.5) is 0 Å². The molecule has 9 nitrogen and oxygen atoms in total. The second kappa shape index (κ2) is 8.39. The van der Waals surface area contributed by atoms with E-state index >= 15 is 0 Å². The average molecular weight is 418 g/mol. The number of carbonyl (C=O) groups is 1. The van der Waals surface area contributed by atoms with Crippen LogP contribution in [0.5, 0.6) is 11.5 Å². The highest BCUT2D eigenvalue weighted by molar-refractivity contribution is 5.75. The van der Waals surface area contributed by atoms with Crippen molar-refractivity contribution in [3.05, 3.63) is 46.7 Å². The molecular formula is C22H22N6O3. The number of benzene rings is 1. The van der Waals surface area contributed by atoms with Crippen LogP contribution in [0.15, 0.2) is 41.1 Å². The number of carbonyl (C=O) groups excluding carboxylic acids is 1. The van der Waals surface area contributed by atoms with Gasteiger partial charge in [0.15, 0.2) is 23.5 Å². The highest BCUT2D eigenvalue weighted by Gasteiger charge is 2.54.